The Balaban J connectivity index is 1.81. The molecule has 164 valence electrons. The fourth-order valence-corrected chi connectivity index (χ4v) is 3.69. The van der Waals surface area contributed by atoms with Crippen LogP contribution in [0.15, 0.2) is 45.6 Å². The van der Waals surface area contributed by atoms with Crippen LogP contribution in [0.1, 0.15) is 11.7 Å². The summed E-state index contributed by atoms with van der Waals surface area (Å²) in [5, 5.41) is 69.5. The highest BCUT2D eigenvalue weighted by atomic mass is 16.5. The van der Waals surface area contributed by atoms with E-state index >= 15 is 0 Å². The SMILES string of the molecule is O=c1cc(-c2ccc(O)c(C3OC(CO)C(O)C(O)C3O)c2)oc2cc(O)cc(O)c12. The first-order chi connectivity index (χ1) is 14.7. The fourth-order valence-electron chi connectivity index (χ4n) is 3.69. The Bertz CT molecular complexity index is 1180. The number of benzene rings is 2. The van der Waals surface area contributed by atoms with E-state index in [0.29, 0.717) is 0 Å². The van der Waals surface area contributed by atoms with E-state index in [1.165, 1.54) is 24.3 Å². The van der Waals surface area contributed by atoms with Crippen LogP contribution in [-0.2, 0) is 4.74 Å². The number of aliphatic hydroxyl groups is 4. The number of aliphatic hydroxyl groups excluding tert-OH is 4. The average molecular weight is 432 g/mol. The van der Waals surface area contributed by atoms with E-state index < -0.39 is 48.3 Å². The maximum atomic E-state index is 12.5. The van der Waals surface area contributed by atoms with Crippen molar-refractivity contribution in [3.63, 3.8) is 0 Å². The van der Waals surface area contributed by atoms with Gasteiger partial charge >= 0.3 is 0 Å². The number of hydrogen-bond donors (Lipinski definition) is 7. The monoisotopic (exact) mass is 432 g/mol. The molecule has 4 rings (SSSR count). The first-order valence-corrected chi connectivity index (χ1v) is 9.35. The Labute approximate surface area is 174 Å². The predicted octanol–water partition coefficient (Wildman–Crippen LogP) is 0.0917. The van der Waals surface area contributed by atoms with Crippen LogP contribution in [0.5, 0.6) is 17.2 Å². The third-order valence-electron chi connectivity index (χ3n) is 5.31. The minimum atomic E-state index is -1.64. The molecule has 1 aliphatic rings. The summed E-state index contributed by atoms with van der Waals surface area (Å²) >= 11 is 0. The Morgan fingerprint density at radius 1 is 0.871 bits per heavy atom. The molecule has 0 bridgehead atoms. The number of fused-ring (bicyclic) bond motifs is 1. The first-order valence-electron chi connectivity index (χ1n) is 9.35. The van der Waals surface area contributed by atoms with Crippen molar-refractivity contribution in [2.75, 3.05) is 6.61 Å². The Kier molecular flexibility index (Phi) is 5.33. The lowest BCUT2D eigenvalue weighted by Crippen LogP contribution is -2.55. The van der Waals surface area contributed by atoms with Gasteiger partial charge in [0.2, 0.25) is 0 Å². The molecule has 2 heterocycles. The highest BCUT2D eigenvalue weighted by molar-refractivity contribution is 5.86. The maximum Gasteiger partial charge on any atom is 0.197 e. The quantitative estimate of drug-likeness (QED) is 0.300. The highest BCUT2D eigenvalue weighted by Gasteiger charge is 2.44. The zero-order valence-electron chi connectivity index (χ0n) is 15.9. The second-order valence-corrected chi connectivity index (χ2v) is 7.34. The Morgan fingerprint density at radius 2 is 1.61 bits per heavy atom. The molecular weight excluding hydrogens is 412 g/mol. The molecule has 10 heteroatoms. The van der Waals surface area contributed by atoms with Crippen molar-refractivity contribution in [2.45, 2.75) is 30.5 Å². The van der Waals surface area contributed by atoms with Crippen molar-refractivity contribution in [3.8, 4) is 28.6 Å². The average Bonchev–Trinajstić information content (AvgIpc) is 2.72. The largest absolute Gasteiger partial charge is 0.508 e. The van der Waals surface area contributed by atoms with E-state index in [4.69, 9.17) is 9.15 Å². The number of aromatic hydroxyl groups is 3. The number of rotatable bonds is 3. The molecule has 3 aromatic rings. The molecule has 0 aliphatic carbocycles. The molecule has 1 fully saturated rings. The molecule has 0 spiro atoms. The van der Waals surface area contributed by atoms with Gasteiger partial charge in [-0.1, -0.05) is 0 Å². The van der Waals surface area contributed by atoms with E-state index in [9.17, 15) is 40.5 Å². The van der Waals surface area contributed by atoms with Gasteiger partial charge in [-0.3, -0.25) is 4.79 Å². The molecule has 31 heavy (non-hydrogen) atoms. The summed E-state index contributed by atoms with van der Waals surface area (Å²) in [5.74, 6) is -1.01. The minimum Gasteiger partial charge on any atom is -0.508 e. The van der Waals surface area contributed by atoms with Crippen LogP contribution in [-0.4, -0.2) is 66.8 Å². The maximum absolute atomic E-state index is 12.5. The molecule has 0 radical (unpaired) electrons. The van der Waals surface area contributed by atoms with Crippen molar-refractivity contribution in [1.82, 2.24) is 0 Å². The summed E-state index contributed by atoms with van der Waals surface area (Å²) in [6.07, 6.45) is -7.27. The normalized spacial score (nSPS) is 26.3. The van der Waals surface area contributed by atoms with E-state index in [1.807, 2.05) is 0 Å². The number of phenolic OH excluding ortho intramolecular Hbond substituents is 3. The molecule has 0 amide bonds. The summed E-state index contributed by atoms with van der Waals surface area (Å²) in [6.45, 7) is -0.631. The summed E-state index contributed by atoms with van der Waals surface area (Å²) in [4.78, 5) is 12.5. The first kappa shape index (κ1) is 21.1. The third kappa shape index (κ3) is 3.60. The molecular formula is C21H20O10. The zero-order chi connectivity index (χ0) is 22.4. The summed E-state index contributed by atoms with van der Waals surface area (Å²) in [5.41, 5.74) is -0.332. The molecule has 0 saturated carbocycles. The Hall–Kier alpha value is -3.15. The van der Waals surface area contributed by atoms with Gasteiger partial charge in [0.05, 0.1) is 6.61 Å². The van der Waals surface area contributed by atoms with E-state index in [2.05, 4.69) is 0 Å². The van der Waals surface area contributed by atoms with Crippen LogP contribution >= 0.6 is 0 Å². The molecule has 1 aromatic heterocycles. The van der Waals surface area contributed by atoms with Gasteiger partial charge in [0.25, 0.3) is 0 Å². The lowest BCUT2D eigenvalue weighted by Gasteiger charge is -2.40. The van der Waals surface area contributed by atoms with Gasteiger partial charge in [0.15, 0.2) is 5.43 Å². The van der Waals surface area contributed by atoms with E-state index in [-0.39, 0.29) is 39.4 Å². The lowest BCUT2D eigenvalue weighted by molar-refractivity contribution is -0.232. The van der Waals surface area contributed by atoms with Crippen LogP contribution in [0.2, 0.25) is 0 Å². The topological polar surface area (TPSA) is 181 Å². The summed E-state index contributed by atoms with van der Waals surface area (Å²) in [7, 11) is 0. The molecule has 1 saturated heterocycles. The smallest absolute Gasteiger partial charge is 0.197 e. The summed E-state index contributed by atoms with van der Waals surface area (Å²) < 4.78 is 11.1. The number of ether oxygens (including phenoxy) is 1. The Morgan fingerprint density at radius 3 is 2.32 bits per heavy atom. The highest BCUT2D eigenvalue weighted by Crippen LogP contribution is 2.39. The lowest BCUT2D eigenvalue weighted by atomic mass is 9.90. The van der Waals surface area contributed by atoms with Crippen molar-refractivity contribution in [3.05, 3.63) is 52.2 Å². The van der Waals surface area contributed by atoms with E-state index in [1.54, 1.807) is 0 Å². The second-order valence-electron chi connectivity index (χ2n) is 7.34. The summed E-state index contributed by atoms with van der Waals surface area (Å²) in [6, 6.07) is 7.33. The molecule has 2 aromatic carbocycles. The van der Waals surface area contributed by atoms with Gasteiger partial charge in [-0.2, -0.15) is 0 Å². The molecule has 7 N–H and O–H groups in total. The number of phenols is 3. The van der Waals surface area contributed by atoms with Crippen molar-refractivity contribution in [2.24, 2.45) is 0 Å². The van der Waals surface area contributed by atoms with Crippen molar-refractivity contribution < 1.29 is 44.9 Å². The predicted molar refractivity (Wildman–Crippen MR) is 106 cm³/mol. The minimum absolute atomic E-state index is 0.0240. The van der Waals surface area contributed by atoms with Crippen molar-refractivity contribution >= 4 is 11.0 Å². The van der Waals surface area contributed by atoms with Crippen LogP contribution in [0, 0.1) is 0 Å². The second kappa shape index (κ2) is 7.84. The van der Waals surface area contributed by atoms with Crippen LogP contribution < -0.4 is 5.43 Å². The van der Waals surface area contributed by atoms with E-state index in [0.717, 1.165) is 12.1 Å². The standard InChI is InChI=1S/C21H20O10/c22-7-16-18(27)19(28)20(29)21(31-16)10-3-8(1-2-11(10)24)14-6-13(26)17-12(25)4-9(23)5-15(17)30-14/h1-6,16,18-25,27-29H,7H2. The van der Waals surface area contributed by atoms with Crippen LogP contribution in [0.3, 0.4) is 0 Å². The molecule has 5 unspecified atom stereocenters. The number of hydrogen-bond acceptors (Lipinski definition) is 10. The van der Waals surface area contributed by atoms with Gasteiger partial charge in [0.1, 0.15) is 64.5 Å². The van der Waals surface area contributed by atoms with Gasteiger partial charge in [0, 0.05) is 29.3 Å². The molecule has 10 nitrogen and oxygen atoms in total. The van der Waals surface area contributed by atoms with Crippen molar-refractivity contribution in [1.29, 1.82) is 0 Å². The molecule has 5 atom stereocenters. The zero-order valence-corrected chi connectivity index (χ0v) is 15.9. The third-order valence-corrected chi connectivity index (χ3v) is 5.31. The van der Waals surface area contributed by atoms with Gasteiger partial charge < -0.3 is 44.9 Å². The van der Waals surface area contributed by atoms with Gasteiger partial charge in [-0.15, -0.1) is 0 Å². The van der Waals surface area contributed by atoms with Gasteiger partial charge in [-0.25, -0.2) is 0 Å². The van der Waals surface area contributed by atoms with Crippen LogP contribution in [0.25, 0.3) is 22.3 Å². The molecule has 1 aliphatic heterocycles. The fraction of sp³-hybridized carbons (Fsp3) is 0.286. The van der Waals surface area contributed by atoms with Gasteiger partial charge in [-0.05, 0) is 18.2 Å². The van der Waals surface area contributed by atoms with Crippen LogP contribution in [0.4, 0.5) is 0 Å².